The molecule has 2 aromatic heterocycles. The molecule has 1 N–H and O–H groups in total. The predicted molar refractivity (Wildman–Crippen MR) is 113 cm³/mol. The van der Waals surface area contributed by atoms with Crippen LogP contribution < -0.4 is 5.56 Å². The van der Waals surface area contributed by atoms with Crippen LogP contribution in [0.25, 0.3) is 27.8 Å². The number of aromatic nitrogens is 3. The lowest BCUT2D eigenvalue weighted by Crippen LogP contribution is -2.16. The summed E-state index contributed by atoms with van der Waals surface area (Å²) >= 11 is 6.04. The number of benzene rings is 2. The van der Waals surface area contributed by atoms with Crippen molar-refractivity contribution in [1.82, 2.24) is 14.8 Å². The summed E-state index contributed by atoms with van der Waals surface area (Å²) in [6, 6.07) is 16.2. The fourth-order valence-electron chi connectivity index (χ4n) is 3.38. The van der Waals surface area contributed by atoms with E-state index in [1.54, 1.807) is 38.1 Å². The first kappa shape index (κ1) is 19.0. The van der Waals surface area contributed by atoms with Gasteiger partial charge in [-0.05, 0) is 43.7 Å². The quantitative estimate of drug-likeness (QED) is 0.504. The summed E-state index contributed by atoms with van der Waals surface area (Å²) < 4.78 is 6.67. The molecule has 29 heavy (non-hydrogen) atoms. The van der Waals surface area contributed by atoms with Crippen LogP contribution >= 0.6 is 11.6 Å². The Balaban J connectivity index is 2.10. The number of hydrogen-bond acceptors (Lipinski definition) is 4. The lowest BCUT2D eigenvalue weighted by molar-refractivity contribution is 0.0526. The van der Waals surface area contributed by atoms with Gasteiger partial charge < -0.3 is 4.74 Å². The summed E-state index contributed by atoms with van der Waals surface area (Å²) in [5, 5.41) is 3.94. The van der Waals surface area contributed by atoms with Crippen LogP contribution in [0.1, 0.15) is 23.0 Å². The Bertz CT molecular complexity index is 1260. The van der Waals surface area contributed by atoms with Crippen molar-refractivity contribution >= 4 is 28.6 Å². The molecule has 0 saturated heterocycles. The van der Waals surface area contributed by atoms with Crippen molar-refractivity contribution in [2.45, 2.75) is 13.8 Å². The monoisotopic (exact) mass is 407 g/mol. The van der Waals surface area contributed by atoms with Gasteiger partial charge in [0.15, 0.2) is 5.65 Å². The molecule has 0 saturated carbocycles. The van der Waals surface area contributed by atoms with Crippen molar-refractivity contribution in [3.05, 3.63) is 81.2 Å². The number of ether oxygens (including phenoxy) is 1. The molecule has 0 spiro atoms. The van der Waals surface area contributed by atoms with Gasteiger partial charge in [0.25, 0.3) is 5.56 Å². The van der Waals surface area contributed by atoms with Gasteiger partial charge in [0, 0.05) is 10.6 Å². The Labute approximate surface area is 171 Å². The molecule has 0 atom stereocenters. The summed E-state index contributed by atoms with van der Waals surface area (Å²) in [7, 11) is 0. The number of carbonyl (C=O) groups is 1. The molecule has 4 aromatic rings. The average Bonchev–Trinajstić information content (AvgIpc) is 3.04. The number of hydrogen-bond donors (Lipinski definition) is 1. The number of para-hydroxylation sites is 1. The molecule has 7 heteroatoms. The molecule has 146 valence electrons. The Hall–Kier alpha value is -3.38. The molecule has 0 unspecified atom stereocenters. The standard InChI is InChI=1S/C22H18ClN3O3/c1-3-29-22(28)17-13(2)24-20-19(18(17)14-9-11-15(23)12-10-14)21(27)26(25-20)16-7-5-4-6-8-16/h4-12H,3H2,1-2H3,(H,24,25). The molecule has 0 amide bonds. The Morgan fingerprint density at radius 3 is 2.48 bits per heavy atom. The van der Waals surface area contributed by atoms with E-state index in [9.17, 15) is 9.59 Å². The summed E-state index contributed by atoms with van der Waals surface area (Å²) in [4.78, 5) is 30.6. The third-order valence-corrected chi connectivity index (χ3v) is 4.89. The second kappa shape index (κ2) is 7.56. The van der Waals surface area contributed by atoms with E-state index in [1.165, 1.54) is 4.68 Å². The molecule has 0 aliphatic heterocycles. The minimum absolute atomic E-state index is 0.220. The third kappa shape index (κ3) is 3.32. The predicted octanol–water partition coefficient (Wildman–Crippen LogP) is 4.52. The van der Waals surface area contributed by atoms with E-state index in [2.05, 4.69) is 10.1 Å². The zero-order valence-corrected chi connectivity index (χ0v) is 16.7. The highest BCUT2D eigenvalue weighted by Gasteiger charge is 2.25. The van der Waals surface area contributed by atoms with Crippen molar-refractivity contribution in [2.75, 3.05) is 6.61 Å². The van der Waals surface area contributed by atoms with Crippen molar-refractivity contribution < 1.29 is 9.53 Å². The molecule has 0 fully saturated rings. The molecule has 2 aromatic carbocycles. The van der Waals surface area contributed by atoms with Crippen molar-refractivity contribution in [1.29, 1.82) is 0 Å². The molecular formula is C22H18ClN3O3. The molecule has 0 aliphatic rings. The SMILES string of the molecule is CCOC(=O)c1c(C)nc2[nH]n(-c3ccccc3)c(=O)c2c1-c1ccc(Cl)cc1. The first-order valence-corrected chi connectivity index (χ1v) is 9.53. The average molecular weight is 408 g/mol. The zero-order valence-electron chi connectivity index (χ0n) is 15.9. The number of esters is 1. The normalized spacial score (nSPS) is 11.0. The Morgan fingerprint density at radius 1 is 1.14 bits per heavy atom. The molecule has 0 bridgehead atoms. The topological polar surface area (TPSA) is 77.0 Å². The Kier molecular flexibility index (Phi) is 4.94. The molecule has 0 aliphatic carbocycles. The second-order valence-corrected chi connectivity index (χ2v) is 6.92. The van der Waals surface area contributed by atoms with Crippen LogP contribution in [0.5, 0.6) is 0 Å². The highest BCUT2D eigenvalue weighted by atomic mass is 35.5. The van der Waals surface area contributed by atoms with Crippen molar-refractivity contribution in [3.63, 3.8) is 0 Å². The number of rotatable bonds is 4. The van der Waals surface area contributed by atoms with Gasteiger partial charge in [-0.2, -0.15) is 0 Å². The minimum Gasteiger partial charge on any atom is -0.462 e. The van der Waals surface area contributed by atoms with Gasteiger partial charge in [-0.25, -0.2) is 14.5 Å². The van der Waals surface area contributed by atoms with Gasteiger partial charge in [0.2, 0.25) is 0 Å². The van der Waals surface area contributed by atoms with E-state index < -0.39 is 5.97 Å². The number of pyridine rings is 1. The van der Waals surface area contributed by atoms with E-state index in [4.69, 9.17) is 16.3 Å². The summed E-state index contributed by atoms with van der Waals surface area (Å²) in [5.41, 5.74) is 2.69. The van der Waals surface area contributed by atoms with E-state index in [0.29, 0.717) is 38.6 Å². The number of aromatic amines is 1. The maximum Gasteiger partial charge on any atom is 0.340 e. The number of halogens is 1. The summed E-state index contributed by atoms with van der Waals surface area (Å²) in [6.07, 6.45) is 0. The van der Waals surface area contributed by atoms with Crippen LogP contribution in [0.2, 0.25) is 5.02 Å². The van der Waals surface area contributed by atoms with E-state index in [-0.39, 0.29) is 17.7 Å². The van der Waals surface area contributed by atoms with Gasteiger partial charge in [0.05, 0.1) is 28.9 Å². The zero-order chi connectivity index (χ0) is 20.5. The van der Waals surface area contributed by atoms with Crippen LogP contribution in [-0.4, -0.2) is 27.3 Å². The minimum atomic E-state index is -0.517. The third-order valence-electron chi connectivity index (χ3n) is 4.64. The number of aryl methyl sites for hydroxylation is 1. The maximum atomic E-state index is 13.3. The van der Waals surface area contributed by atoms with E-state index in [1.807, 2.05) is 30.3 Å². The van der Waals surface area contributed by atoms with Crippen molar-refractivity contribution in [2.24, 2.45) is 0 Å². The molecule has 2 heterocycles. The Morgan fingerprint density at radius 2 is 1.83 bits per heavy atom. The highest BCUT2D eigenvalue weighted by Crippen LogP contribution is 2.32. The fraction of sp³-hybridized carbons (Fsp3) is 0.136. The molecule has 6 nitrogen and oxygen atoms in total. The van der Waals surface area contributed by atoms with Crippen LogP contribution in [-0.2, 0) is 4.74 Å². The largest absolute Gasteiger partial charge is 0.462 e. The van der Waals surface area contributed by atoms with Gasteiger partial charge in [-0.15, -0.1) is 0 Å². The lowest BCUT2D eigenvalue weighted by Gasteiger charge is -2.12. The fourth-order valence-corrected chi connectivity index (χ4v) is 3.50. The van der Waals surface area contributed by atoms with Crippen LogP contribution in [0.15, 0.2) is 59.4 Å². The summed E-state index contributed by atoms with van der Waals surface area (Å²) in [5.74, 6) is -0.517. The molecule has 4 rings (SSSR count). The van der Waals surface area contributed by atoms with Crippen LogP contribution in [0.3, 0.4) is 0 Å². The van der Waals surface area contributed by atoms with Gasteiger partial charge in [0.1, 0.15) is 0 Å². The molecule has 0 radical (unpaired) electrons. The number of carbonyl (C=O) groups excluding carboxylic acids is 1. The van der Waals surface area contributed by atoms with E-state index >= 15 is 0 Å². The van der Waals surface area contributed by atoms with Gasteiger partial charge >= 0.3 is 5.97 Å². The van der Waals surface area contributed by atoms with Crippen LogP contribution in [0, 0.1) is 6.92 Å². The van der Waals surface area contributed by atoms with Crippen molar-refractivity contribution in [3.8, 4) is 16.8 Å². The first-order valence-electron chi connectivity index (χ1n) is 9.15. The first-order chi connectivity index (χ1) is 14.0. The number of fused-ring (bicyclic) bond motifs is 1. The number of nitrogens with one attached hydrogen (secondary N) is 1. The highest BCUT2D eigenvalue weighted by molar-refractivity contribution is 6.30. The maximum absolute atomic E-state index is 13.3. The second-order valence-electron chi connectivity index (χ2n) is 6.49. The lowest BCUT2D eigenvalue weighted by atomic mass is 9.96. The number of H-pyrrole nitrogens is 1. The molecular weight excluding hydrogens is 390 g/mol. The van der Waals surface area contributed by atoms with E-state index in [0.717, 1.165) is 0 Å². The van der Waals surface area contributed by atoms with Gasteiger partial charge in [-0.3, -0.25) is 9.89 Å². The number of nitrogens with zero attached hydrogens (tertiary/aromatic N) is 2. The summed E-state index contributed by atoms with van der Waals surface area (Å²) in [6.45, 7) is 3.68. The smallest absolute Gasteiger partial charge is 0.340 e. The van der Waals surface area contributed by atoms with Gasteiger partial charge in [-0.1, -0.05) is 41.9 Å². The van der Waals surface area contributed by atoms with Crippen LogP contribution in [0.4, 0.5) is 0 Å².